The average molecular weight is 504 g/mol. The first kappa shape index (κ1) is 26.1. The number of rotatable bonds is 9. The van der Waals surface area contributed by atoms with Gasteiger partial charge in [0.25, 0.3) is 0 Å². The zero-order valence-corrected chi connectivity index (χ0v) is 21.2. The van der Waals surface area contributed by atoms with Gasteiger partial charge in [-0.2, -0.15) is 0 Å². The molecule has 4 rings (SSSR count). The predicted molar refractivity (Wildman–Crippen MR) is 145 cm³/mol. The molecule has 0 saturated carbocycles. The average Bonchev–Trinajstić information content (AvgIpc) is 2.92. The van der Waals surface area contributed by atoms with Crippen molar-refractivity contribution in [2.75, 3.05) is 55.4 Å². The third-order valence-electron chi connectivity index (χ3n) is 6.12. The molecule has 37 heavy (non-hydrogen) atoms. The van der Waals surface area contributed by atoms with Crippen molar-refractivity contribution in [3.05, 3.63) is 60.8 Å². The molecule has 194 valence electrons. The monoisotopic (exact) mass is 503 g/mol. The number of carbonyl (C=O) groups is 2. The van der Waals surface area contributed by atoms with Crippen LogP contribution >= 0.6 is 0 Å². The molecule has 2 amide bonds. The number of anilines is 4. The van der Waals surface area contributed by atoms with E-state index in [0.29, 0.717) is 32.1 Å². The van der Waals surface area contributed by atoms with Gasteiger partial charge in [-0.05, 0) is 49.4 Å². The number of ether oxygens (including phenoxy) is 1. The van der Waals surface area contributed by atoms with E-state index in [-0.39, 0.29) is 11.8 Å². The highest BCUT2D eigenvalue weighted by atomic mass is 16.5. The largest absolute Gasteiger partial charge is 0.384 e. The molecular formula is C27H33N7O3. The van der Waals surface area contributed by atoms with Crippen LogP contribution in [0.3, 0.4) is 0 Å². The van der Waals surface area contributed by atoms with E-state index in [9.17, 15) is 9.59 Å². The van der Waals surface area contributed by atoms with Crippen LogP contribution in [0.2, 0.25) is 0 Å². The van der Waals surface area contributed by atoms with Crippen LogP contribution in [-0.2, 0) is 14.3 Å². The summed E-state index contributed by atoms with van der Waals surface area (Å²) in [6, 6.07) is 17.0. The normalized spacial score (nSPS) is 14.2. The number of nitrogens with two attached hydrogens (primary N) is 1. The molecule has 10 heteroatoms. The van der Waals surface area contributed by atoms with Crippen LogP contribution in [0.15, 0.2) is 60.8 Å². The highest BCUT2D eigenvalue weighted by molar-refractivity contribution is 5.91. The van der Waals surface area contributed by atoms with E-state index in [0.717, 1.165) is 41.4 Å². The van der Waals surface area contributed by atoms with Crippen molar-refractivity contribution >= 4 is 34.8 Å². The molecular weight excluding hydrogens is 470 g/mol. The molecule has 0 radical (unpaired) electrons. The molecule has 0 bridgehead atoms. The van der Waals surface area contributed by atoms with Crippen LogP contribution in [0, 0.1) is 0 Å². The van der Waals surface area contributed by atoms with Crippen molar-refractivity contribution in [1.29, 1.82) is 0 Å². The Balaban J connectivity index is 1.34. The summed E-state index contributed by atoms with van der Waals surface area (Å²) in [6.45, 7) is 4.99. The van der Waals surface area contributed by atoms with Crippen molar-refractivity contribution in [1.82, 2.24) is 14.9 Å². The van der Waals surface area contributed by atoms with E-state index in [2.05, 4.69) is 37.6 Å². The second kappa shape index (κ2) is 12.3. The molecule has 1 aliphatic heterocycles. The van der Waals surface area contributed by atoms with Gasteiger partial charge in [0, 0.05) is 62.1 Å². The summed E-state index contributed by atoms with van der Waals surface area (Å²) in [4.78, 5) is 37.0. The summed E-state index contributed by atoms with van der Waals surface area (Å²) >= 11 is 0. The second-order valence-electron chi connectivity index (χ2n) is 8.91. The van der Waals surface area contributed by atoms with Gasteiger partial charge < -0.3 is 30.9 Å². The Morgan fingerprint density at radius 2 is 1.68 bits per heavy atom. The number of aromatic nitrogens is 2. The highest BCUT2D eigenvalue weighted by Crippen LogP contribution is 2.24. The van der Waals surface area contributed by atoms with Gasteiger partial charge in [-0.25, -0.2) is 9.97 Å². The number of carbonyl (C=O) groups excluding carboxylic acids is 2. The van der Waals surface area contributed by atoms with E-state index in [1.165, 1.54) is 0 Å². The zero-order chi connectivity index (χ0) is 26.2. The van der Waals surface area contributed by atoms with Gasteiger partial charge in [-0.1, -0.05) is 12.1 Å². The van der Waals surface area contributed by atoms with Crippen LogP contribution in [0.25, 0.3) is 11.3 Å². The van der Waals surface area contributed by atoms with Crippen LogP contribution < -0.4 is 21.3 Å². The summed E-state index contributed by atoms with van der Waals surface area (Å²) in [6.07, 6.45) is 2.02. The van der Waals surface area contributed by atoms with E-state index >= 15 is 0 Å². The molecule has 4 N–H and O–H groups in total. The first-order valence-corrected chi connectivity index (χ1v) is 12.3. The SMILES string of the molecule is COCCC(=O)Nc1ccc(-c2ccnc(Nc3ccc(N4CCN(C(=O)[C@H](C)N)CC4)cc3)n2)cc1. The Hall–Kier alpha value is -4.02. The number of nitrogens with one attached hydrogen (secondary N) is 2. The quantitative estimate of drug-likeness (QED) is 0.407. The molecule has 0 unspecified atom stereocenters. The van der Waals surface area contributed by atoms with Crippen LogP contribution in [0.5, 0.6) is 0 Å². The Labute approximate surface area is 216 Å². The minimum Gasteiger partial charge on any atom is -0.384 e. The van der Waals surface area contributed by atoms with Crippen molar-refractivity contribution in [3.63, 3.8) is 0 Å². The van der Waals surface area contributed by atoms with Gasteiger partial charge in [-0.3, -0.25) is 9.59 Å². The number of hydrogen-bond donors (Lipinski definition) is 3. The molecule has 1 atom stereocenters. The molecule has 10 nitrogen and oxygen atoms in total. The molecule has 0 aliphatic carbocycles. The third-order valence-corrected chi connectivity index (χ3v) is 6.12. The minimum absolute atomic E-state index is 0.00193. The molecule has 1 saturated heterocycles. The third kappa shape index (κ3) is 7.02. The number of nitrogens with zero attached hydrogens (tertiary/aromatic N) is 4. The maximum absolute atomic E-state index is 12.1. The standard InChI is InChI=1S/C27H33N7O3/c1-19(28)26(36)34-16-14-33(15-17-34)23-9-7-22(8-10-23)31-27-29-13-11-24(32-27)20-3-5-21(6-4-20)30-25(35)12-18-37-2/h3-11,13,19H,12,14-18,28H2,1-2H3,(H,30,35)(H,29,31,32)/t19-/m0/s1. The predicted octanol–water partition coefficient (Wildman–Crippen LogP) is 2.86. The first-order valence-electron chi connectivity index (χ1n) is 12.3. The van der Waals surface area contributed by atoms with Gasteiger partial charge >= 0.3 is 0 Å². The van der Waals surface area contributed by atoms with E-state index in [1.54, 1.807) is 20.2 Å². The lowest BCUT2D eigenvalue weighted by Crippen LogP contribution is -2.52. The number of piperazine rings is 1. The Morgan fingerprint density at radius 1 is 1.00 bits per heavy atom. The summed E-state index contributed by atoms with van der Waals surface area (Å²) in [5, 5.41) is 6.11. The van der Waals surface area contributed by atoms with Gasteiger partial charge in [-0.15, -0.1) is 0 Å². The number of benzene rings is 2. The molecule has 1 aliphatic rings. The lowest BCUT2D eigenvalue weighted by molar-refractivity contribution is -0.132. The van der Waals surface area contributed by atoms with E-state index < -0.39 is 6.04 Å². The van der Waals surface area contributed by atoms with Crippen molar-refractivity contribution in [2.24, 2.45) is 5.73 Å². The molecule has 3 aromatic rings. The summed E-state index contributed by atoms with van der Waals surface area (Å²) < 4.78 is 4.93. The van der Waals surface area contributed by atoms with Gasteiger partial charge in [0.2, 0.25) is 17.8 Å². The summed E-state index contributed by atoms with van der Waals surface area (Å²) in [5.41, 5.74) is 10.1. The molecule has 2 heterocycles. The fourth-order valence-corrected chi connectivity index (χ4v) is 4.08. The Morgan fingerprint density at radius 3 is 2.32 bits per heavy atom. The lowest BCUT2D eigenvalue weighted by atomic mass is 10.1. The molecule has 2 aromatic carbocycles. The van der Waals surface area contributed by atoms with Crippen molar-refractivity contribution in [2.45, 2.75) is 19.4 Å². The van der Waals surface area contributed by atoms with Gasteiger partial charge in [0.1, 0.15) is 0 Å². The smallest absolute Gasteiger partial charge is 0.239 e. The van der Waals surface area contributed by atoms with Crippen LogP contribution in [0.4, 0.5) is 23.0 Å². The minimum atomic E-state index is -0.462. The summed E-state index contributed by atoms with van der Waals surface area (Å²) in [7, 11) is 1.57. The molecule has 1 fully saturated rings. The Kier molecular flexibility index (Phi) is 8.65. The number of amides is 2. The number of hydrogen-bond acceptors (Lipinski definition) is 8. The highest BCUT2D eigenvalue weighted by Gasteiger charge is 2.23. The fourth-order valence-electron chi connectivity index (χ4n) is 4.08. The maximum Gasteiger partial charge on any atom is 0.239 e. The lowest BCUT2D eigenvalue weighted by Gasteiger charge is -2.36. The van der Waals surface area contributed by atoms with E-state index in [4.69, 9.17) is 10.5 Å². The summed E-state index contributed by atoms with van der Waals surface area (Å²) in [5.74, 6) is 0.403. The van der Waals surface area contributed by atoms with Crippen LogP contribution in [0.1, 0.15) is 13.3 Å². The Bertz CT molecular complexity index is 1190. The zero-order valence-electron chi connectivity index (χ0n) is 21.2. The second-order valence-corrected chi connectivity index (χ2v) is 8.91. The van der Waals surface area contributed by atoms with Gasteiger partial charge in [0.15, 0.2) is 0 Å². The molecule has 0 spiro atoms. The first-order chi connectivity index (χ1) is 17.9. The molecule has 1 aromatic heterocycles. The fraction of sp³-hybridized carbons (Fsp3) is 0.333. The number of methoxy groups -OCH3 is 1. The topological polar surface area (TPSA) is 126 Å². The van der Waals surface area contributed by atoms with E-state index in [1.807, 2.05) is 47.4 Å². The van der Waals surface area contributed by atoms with Crippen molar-refractivity contribution < 1.29 is 14.3 Å². The maximum atomic E-state index is 12.1. The van der Waals surface area contributed by atoms with Gasteiger partial charge in [0.05, 0.1) is 24.8 Å². The van der Waals surface area contributed by atoms with Crippen LogP contribution in [-0.4, -0.2) is 72.6 Å². The van der Waals surface area contributed by atoms with Crippen molar-refractivity contribution in [3.8, 4) is 11.3 Å².